The van der Waals surface area contributed by atoms with Crippen LogP contribution in [0.5, 0.6) is 0 Å². The zero-order valence-corrected chi connectivity index (χ0v) is 14.6. The van der Waals surface area contributed by atoms with E-state index >= 15 is 0 Å². The van der Waals surface area contributed by atoms with E-state index in [2.05, 4.69) is 15.3 Å². The Morgan fingerprint density at radius 2 is 2.08 bits per heavy atom. The van der Waals surface area contributed by atoms with Gasteiger partial charge in [-0.25, -0.2) is 9.37 Å². The maximum Gasteiger partial charge on any atom is 0.226 e. The molecule has 1 aliphatic heterocycles. The molecule has 0 spiro atoms. The van der Waals surface area contributed by atoms with Gasteiger partial charge in [-0.15, -0.1) is 11.3 Å². The van der Waals surface area contributed by atoms with Gasteiger partial charge < -0.3 is 4.90 Å². The van der Waals surface area contributed by atoms with Crippen LogP contribution in [0, 0.1) is 18.7 Å². The van der Waals surface area contributed by atoms with Crippen LogP contribution in [0.3, 0.4) is 0 Å². The predicted molar refractivity (Wildman–Crippen MR) is 92.4 cm³/mol. The summed E-state index contributed by atoms with van der Waals surface area (Å²) in [6, 6.07) is 6.73. The van der Waals surface area contributed by atoms with Crippen LogP contribution in [0.15, 0.2) is 29.6 Å². The minimum atomic E-state index is -0.225. The second-order valence-corrected chi connectivity index (χ2v) is 7.76. The molecule has 1 saturated carbocycles. The molecule has 1 aromatic heterocycles. The first-order valence-corrected chi connectivity index (χ1v) is 9.49. The van der Waals surface area contributed by atoms with E-state index in [9.17, 15) is 9.18 Å². The van der Waals surface area contributed by atoms with E-state index in [-0.39, 0.29) is 29.6 Å². The van der Waals surface area contributed by atoms with Crippen LogP contribution in [0.1, 0.15) is 53.9 Å². The first kappa shape index (κ1) is 15.8. The molecule has 0 bridgehead atoms. The maximum absolute atomic E-state index is 13.1. The number of piperidine rings is 1. The number of likely N-dealkylation sites (tertiary alicyclic amines) is 1. The van der Waals surface area contributed by atoms with Crippen LogP contribution in [0.2, 0.25) is 0 Å². The number of rotatable bonds is 3. The quantitative estimate of drug-likeness (QED) is 0.824. The van der Waals surface area contributed by atoms with Gasteiger partial charge >= 0.3 is 0 Å². The molecule has 126 valence electrons. The summed E-state index contributed by atoms with van der Waals surface area (Å²) < 4.78 is 13.1. The Morgan fingerprint density at radius 3 is 2.79 bits per heavy atom. The van der Waals surface area contributed by atoms with Crippen molar-refractivity contribution < 1.29 is 9.18 Å². The second-order valence-electron chi connectivity index (χ2n) is 6.87. The van der Waals surface area contributed by atoms with Gasteiger partial charge in [0.15, 0.2) is 0 Å². The fourth-order valence-corrected chi connectivity index (χ4v) is 4.68. The Bertz CT molecular complexity index is 742. The molecule has 1 saturated heterocycles. The zero-order valence-electron chi connectivity index (χ0n) is 13.7. The smallest absolute Gasteiger partial charge is 0.226 e. The van der Waals surface area contributed by atoms with Crippen LogP contribution in [-0.4, -0.2) is 22.3 Å². The van der Waals surface area contributed by atoms with Gasteiger partial charge in [0.2, 0.25) is 5.91 Å². The lowest BCUT2D eigenvalue weighted by molar-refractivity contribution is -0.136. The lowest BCUT2D eigenvalue weighted by Gasteiger charge is -2.35. The highest BCUT2D eigenvalue weighted by molar-refractivity contribution is 7.09. The largest absolute Gasteiger partial charge is 0.333 e. The van der Waals surface area contributed by atoms with E-state index in [0.29, 0.717) is 0 Å². The number of benzene rings is 1. The van der Waals surface area contributed by atoms with Crippen LogP contribution in [0.4, 0.5) is 4.39 Å². The zero-order chi connectivity index (χ0) is 16.7. The van der Waals surface area contributed by atoms with Crippen molar-refractivity contribution in [1.29, 1.82) is 0 Å². The molecule has 2 fully saturated rings. The summed E-state index contributed by atoms with van der Waals surface area (Å²) in [6.45, 7) is 2.83. The summed E-state index contributed by atoms with van der Waals surface area (Å²) in [5, 5.41) is 3.13. The van der Waals surface area contributed by atoms with E-state index < -0.39 is 0 Å². The SMILES string of the molecule is Cc1csc([C@@H]2CCCCN2C(=O)[C@@H]2C[C@H]2c2ccc(F)cc2)n1. The number of aromatic nitrogens is 1. The fourth-order valence-electron chi connectivity index (χ4n) is 3.74. The third-order valence-corrected chi connectivity index (χ3v) is 6.18. The van der Waals surface area contributed by atoms with Crippen molar-refractivity contribution in [2.75, 3.05) is 6.54 Å². The van der Waals surface area contributed by atoms with Crippen molar-refractivity contribution in [3.63, 3.8) is 0 Å². The number of carbonyl (C=O) groups excluding carboxylic acids is 1. The molecular weight excluding hydrogens is 323 g/mol. The number of thiazole rings is 1. The minimum Gasteiger partial charge on any atom is -0.333 e. The van der Waals surface area contributed by atoms with Crippen molar-refractivity contribution in [2.24, 2.45) is 5.92 Å². The van der Waals surface area contributed by atoms with Crippen LogP contribution in [0.25, 0.3) is 0 Å². The van der Waals surface area contributed by atoms with Gasteiger partial charge in [0, 0.05) is 23.5 Å². The van der Waals surface area contributed by atoms with E-state index in [1.807, 2.05) is 19.1 Å². The molecule has 24 heavy (non-hydrogen) atoms. The molecule has 0 unspecified atom stereocenters. The summed E-state index contributed by atoms with van der Waals surface area (Å²) in [6.07, 6.45) is 4.11. The number of hydrogen-bond donors (Lipinski definition) is 0. The average Bonchev–Trinajstić information content (AvgIpc) is 3.28. The van der Waals surface area contributed by atoms with E-state index in [1.165, 1.54) is 12.1 Å². The highest BCUT2D eigenvalue weighted by atomic mass is 32.1. The first-order valence-electron chi connectivity index (χ1n) is 8.61. The summed E-state index contributed by atoms with van der Waals surface area (Å²) in [4.78, 5) is 19.7. The molecule has 0 N–H and O–H groups in total. The van der Waals surface area contributed by atoms with Gasteiger partial charge in [-0.3, -0.25) is 4.79 Å². The molecule has 0 radical (unpaired) electrons. The van der Waals surface area contributed by atoms with Crippen molar-refractivity contribution in [2.45, 2.75) is 44.6 Å². The number of aryl methyl sites for hydroxylation is 1. The van der Waals surface area contributed by atoms with Gasteiger partial charge in [0.05, 0.1) is 6.04 Å². The summed E-state index contributed by atoms with van der Waals surface area (Å²) in [5.41, 5.74) is 2.11. The first-order chi connectivity index (χ1) is 11.6. The molecule has 1 aromatic carbocycles. The minimum absolute atomic E-state index is 0.0529. The Labute approximate surface area is 145 Å². The van der Waals surface area contributed by atoms with E-state index in [4.69, 9.17) is 0 Å². The molecule has 2 aromatic rings. The fraction of sp³-hybridized carbons (Fsp3) is 0.474. The molecule has 5 heteroatoms. The van der Waals surface area contributed by atoms with Gasteiger partial charge in [-0.1, -0.05) is 12.1 Å². The Balaban J connectivity index is 1.49. The highest BCUT2D eigenvalue weighted by Gasteiger charge is 2.47. The van der Waals surface area contributed by atoms with Crippen LogP contribution < -0.4 is 0 Å². The van der Waals surface area contributed by atoms with Gasteiger partial charge in [0.25, 0.3) is 0 Å². The molecule has 4 rings (SSSR count). The molecule has 3 nitrogen and oxygen atoms in total. The molecule has 2 heterocycles. The molecular formula is C19H21FN2OS. The standard InChI is InChI=1S/C19H21FN2OS/c1-12-11-24-18(21-12)17-4-2-3-9-22(17)19(23)16-10-15(16)13-5-7-14(20)8-6-13/h5-8,11,15-17H,2-4,9-10H2,1H3/t15-,16+,17-/m0/s1. The number of hydrogen-bond acceptors (Lipinski definition) is 3. The van der Waals surface area contributed by atoms with E-state index in [0.717, 1.165) is 48.5 Å². The Hall–Kier alpha value is -1.75. The molecule has 3 atom stereocenters. The number of halogens is 1. The van der Waals surface area contributed by atoms with Crippen molar-refractivity contribution in [1.82, 2.24) is 9.88 Å². The summed E-state index contributed by atoms with van der Waals surface area (Å²) in [5.74, 6) is 0.329. The third-order valence-electron chi connectivity index (χ3n) is 5.11. The normalized spacial score (nSPS) is 26.4. The molecule has 2 aliphatic rings. The average molecular weight is 344 g/mol. The Morgan fingerprint density at radius 1 is 1.29 bits per heavy atom. The third kappa shape index (κ3) is 2.97. The number of nitrogens with zero attached hydrogens (tertiary/aromatic N) is 2. The van der Waals surface area contributed by atoms with Gasteiger partial charge in [-0.05, 0) is 56.2 Å². The van der Waals surface area contributed by atoms with Crippen molar-refractivity contribution >= 4 is 17.2 Å². The topological polar surface area (TPSA) is 33.2 Å². The van der Waals surface area contributed by atoms with Gasteiger partial charge in [-0.2, -0.15) is 0 Å². The van der Waals surface area contributed by atoms with Crippen molar-refractivity contribution in [3.05, 3.63) is 51.7 Å². The summed E-state index contributed by atoms with van der Waals surface area (Å²) in [7, 11) is 0. The second kappa shape index (κ2) is 6.28. The number of carbonyl (C=O) groups is 1. The number of amides is 1. The van der Waals surface area contributed by atoms with Gasteiger partial charge in [0.1, 0.15) is 10.8 Å². The lowest BCUT2D eigenvalue weighted by atomic mass is 10.0. The lowest BCUT2D eigenvalue weighted by Crippen LogP contribution is -2.39. The maximum atomic E-state index is 13.1. The van der Waals surface area contributed by atoms with E-state index in [1.54, 1.807) is 11.3 Å². The monoisotopic (exact) mass is 344 g/mol. The van der Waals surface area contributed by atoms with Crippen molar-refractivity contribution in [3.8, 4) is 0 Å². The summed E-state index contributed by atoms with van der Waals surface area (Å²) >= 11 is 1.66. The van der Waals surface area contributed by atoms with Crippen LogP contribution >= 0.6 is 11.3 Å². The van der Waals surface area contributed by atoms with Crippen LogP contribution in [-0.2, 0) is 4.79 Å². The Kier molecular flexibility index (Phi) is 4.12. The molecule has 1 amide bonds. The predicted octanol–water partition coefficient (Wildman–Crippen LogP) is 4.45. The molecule has 1 aliphatic carbocycles. The highest BCUT2D eigenvalue weighted by Crippen LogP contribution is 2.50.